The van der Waals surface area contributed by atoms with Crippen molar-refractivity contribution in [2.24, 2.45) is 0 Å². The van der Waals surface area contributed by atoms with E-state index in [1.165, 1.54) is 5.56 Å². The summed E-state index contributed by atoms with van der Waals surface area (Å²) >= 11 is 0. The molecular formula is C15H17N. The molecule has 0 aliphatic heterocycles. The van der Waals surface area contributed by atoms with E-state index in [1.54, 1.807) is 6.08 Å². The highest BCUT2D eigenvalue weighted by Gasteiger charge is 2.04. The summed E-state index contributed by atoms with van der Waals surface area (Å²) in [6.07, 6.45) is 9.81. The van der Waals surface area contributed by atoms with Crippen molar-refractivity contribution in [2.45, 2.75) is 25.7 Å². The minimum absolute atomic E-state index is 0.380. The van der Waals surface area contributed by atoms with Crippen molar-refractivity contribution in [1.82, 2.24) is 0 Å². The summed E-state index contributed by atoms with van der Waals surface area (Å²) in [5.74, 6) is 0.380. The summed E-state index contributed by atoms with van der Waals surface area (Å²) < 4.78 is 0. The van der Waals surface area contributed by atoms with E-state index in [0.29, 0.717) is 5.92 Å². The second kappa shape index (κ2) is 7.48. The standard InChI is InChI=1S/C15H17N/c1-2-3-9-14(12-7-8-13-16)15-10-5-4-6-11-15/h3-11,14H,2,12H2,1H3/b8-7+,9-3+. The van der Waals surface area contributed by atoms with Crippen molar-refractivity contribution in [3.05, 3.63) is 60.2 Å². The van der Waals surface area contributed by atoms with Gasteiger partial charge in [-0.3, -0.25) is 0 Å². The van der Waals surface area contributed by atoms with E-state index in [2.05, 4.69) is 43.3 Å². The van der Waals surface area contributed by atoms with Gasteiger partial charge in [0.1, 0.15) is 0 Å². The Morgan fingerprint density at radius 2 is 2.00 bits per heavy atom. The number of nitriles is 1. The monoisotopic (exact) mass is 211 g/mol. The lowest BCUT2D eigenvalue weighted by Gasteiger charge is -2.10. The first kappa shape index (κ1) is 12.3. The zero-order valence-electron chi connectivity index (χ0n) is 9.63. The average molecular weight is 211 g/mol. The Morgan fingerprint density at radius 3 is 2.62 bits per heavy atom. The average Bonchev–Trinajstić information content (AvgIpc) is 2.35. The van der Waals surface area contributed by atoms with Crippen molar-refractivity contribution in [1.29, 1.82) is 5.26 Å². The molecule has 0 fully saturated rings. The molecule has 0 aromatic heterocycles. The summed E-state index contributed by atoms with van der Waals surface area (Å²) in [7, 11) is 0. The van der Waals surface area contributed by atoms with Gasteiger partial charge in [-0.2, -0.15) is 5.26 Å². The molecule has 0 heterocycles. The van der Waals surface area contributed by atoms with Gasteiger partial charge in [0.25, 0.3) is 0 Å². The lowest BCUT2D eigenvalue weighted by molar-refractivity contribution is 0.858. The summed E-state index contributed by atoms with van der Waals surface area (Å²) in [5, 5.41) is 8.47. The molecule has 0 bridgehead atoms. The molecule has 0 spiro atoms. The van der Waals surface area contributed by atoms with Crippen LogP contribution in [0.2, 0.25) is 0 Å². The van der Waals surface area contributed by atoms with Crippen LogP contribution >= 0.6 is 0 Å². The Kier molecular flexibility index (Phi) is 5.73. The van der Waals surface area contributed by atoms with Crippen molar-refractivity contribution >= 4 is 0 Å². The molecule has 0 radical (unpaired) electrons. The molecule has 1 aromatic rings. The van der Waals surface area contributed by atoms with Gasteiger partial charge in [-0.1, -0.05) is 55.5 Å². The first-order valence-corrected chi connectivity index (χ1v) is 5.64. The van der Waals surface area contributed by atoms with Crippen LogP contribution < -0.4 is 0 Å². The highest BCUT2D eigenvalue weighted by molar-refractivity contribution is 5.25. The normalized spacial score (nSPS) is 13.0. The van der Waals surface area contributed by atoms with Gasteiger partial charge in [-0.25, -0.2) is 0 Å². The Bertz CT molecular complexity index is 382. The third-order valence-electron chi connectivity index (χ3n) is 2.41. The minimum Gasteiger partial charge on any atom is -0.193 e. The van der Waals surface area contributed by atoms with E-state index >= 15 is 0 Å². The van der Waals surface area contributed by atoms with Crippen LogP contribution in [0.3, 0.4) is 0 Å². The Morgan fingerprint density at radius 1 is 1.25 bits per heavy atom. The van der Waals surface area contributed by atoms with E-state index in [9.17, 15) is 0 Å². The van der Waals surface area contributed by atoms with E-state index < -0.39 is 0 Å². The van der Waals surface area contributed by atoms with Crippen molar-refractivity contribution in [3.63, 3.8) is 0 Å². The number of rotatable bonds is 5. The van der Waals surface area contributed by atoms with Gasteiger partial charge in [0.05, 0.1) is 6.07 Å². The highest BCUT2D eigenvalue weighted by atomic mass is 14.2. The number of allylic oxidation sites excluding steroid dienone is 4. The van der Waals surface area contributed by atoms with Gasteiger partial charge < -0.3 is 0 Å². The molecule has 1 atom stereocenters. The molecule has 16 heavy (non-hydrogen) atoms. The van der Waals surface area contributed by atoms with E-state index in [4.69, 9.17) is 5.26 Å². The number of nitrogens with zero attached hydrogens (tertiary/aromatic N) is 1. The van der Waals surface area contributed by atoms with Crippen LogP contribution in [0.1, 0.15) is 31.2 Å². The molecule has 1 heteroatoms. The fourth-order valence-corrected chi connectivity index (χ4v) is 1.59. The second-order valence-electron chi connectivity index (χ2n) is 3.62. The Balaban J connectivity index is 2.76. The van der Waals surface area contributed by atoms with Crippen LogP contribution in [-0.2, 0) is 0 Å². The van der Waals surface area contributed by atoms with Crippen LogP contribution in [0.4, 0.5) is 0 Å². The first-order chi connectivity index (χ1) is 7.88. The minimum atomic E-state index is 0.380. The fourth-order valence-electron chi connectivity index (χ4n) is 1.59. The van der Waals surface area contributed by atoms with Crippen LogP contribution in [0.5, 0.6) is 0 Å². The predicted octanol–water partition coefficient (Wildman–Crippen LogP) is 4.21. The quantitative estimate of drug-likeness (QED) is 0.528. The molecule has 1 aromatic carbocycles. The molecule has 1 nitrogen and oxygen atoms in total. The molecule has 0 saturated carbocycles. The Labute approximate surface area is 97.7 Å². The third-order valence-corrected chi connectivity index (χ3v) is 2.41. The lowest BCUT2D eigenvalue weighted by atomic mass is 9.95. The van der Waals surface area contributed by atoms with E-state index in [-0.39, 0.29) is 0 Å². The highest BCUT2D eigenvalue weighted by Crippen LogP contribution is 2.21. The summed E-state index contributed by atoms with van der Waals surface area (Å²) in [4.78, 5) is 0. The van der Waals surface area contributed by atoms with Gasteiger partial charge in [0.15, 0.2) is 0 Å². The van der Waals surface area contributed by atoms with Crippen LogP contribution in [0, 0.1) is 11.3 Å². The van der Waals surface area contributed by atoms with Crippen LogP contribution in [-0.4, -0.2) is 0 Å². The summed E-state index contributed by atoms with van der Waals surface area (Å²) in [5.41, 5.74) is 1.30. The fraction of sp³-hybridized carbons (Fsp3) is 0.267. The van der Waals surface area contributed by atoms with Crippen molar-refractivity contribution in [3.8, 4) is 6.07 Å². The zero-order valence-corrected chi connectivity index (χ0v) is 9.63. The maximum atomic E-state index is 8.47. The molecule has 0 amide bonds. The van der Waals surface area contributed by atoms with Crippen molar-refractivity contribution in [2.75, 3.05) is 0 Å². The summed E-state index contributed by atoms with van der Waals surface area (Å²) in [6.45, 7) is 2.13. The molecule has 1 rings (SSSR count). The Hall–Kier alpha value is -1.81. The number of benzene rings is 1. The lowest BCUT2D eigenvalue weighted by Crippen LogP contribution is -1.93. The molecule has 0 saturated heterocycles. The maximum absolute atomic E-state index is 8.47. The molecule has 0 N–H and O–H groups in total. The van der Waals surface area contributed by atoms with E-state index in [1.807, 2.05) is 18.2 Å². The topological polar surface area (TPSA) is 23.8 Å². The van der Waals surface area contributed by atoms with Gasteiger partial charge in [0.2, 0.25) is 0 Å². The third kappa shape index (κ3) is 4.14. The van der Waals surface area contributed by atoms with Crippen LogP contribution in [0.15, 0.2) is 54.6 Å². The first-order valence-electron chi connectivity index (χ1n) is 5.64. The van der Waals surface area contributed by atoms with Gasteiger partial charge in [-0.05, 0) is 18.4 Å². The predicted molar refractivity (Wildman–Crippen MR) is 68.0 cm³/mol. The number of hydrogen-bond donors (Lipinski definition) is 0. The molecule has 82 valence electrons. The second-order valence-corrected chi connectivity index (χ2v) is 3.62. The van der Waals surface area contributed by atoms with Gasteiger partial charge >= 0.3 is 0 Å². The van der Waals surface area contributed by atoms with Gasteiger partial charge in [0, 0.05) is 12.0 Å². The molecule has 0 aliphatic rings. The molecular weight excluding hydrogens is 194 g/mol. The van der Waals surface area contributed by atoms with Crippen LogP contribution in [0.25, 0.3) is 0 Å². The zero-order chi connectivity index (χ0) is 11.6. The smallest absolute Gasteiger partial charge is 0.0908 e. The van der Waals surface area contributed by atoms with Crippen molar-refractivity contribution < 1.29 is 0 Å². The van der Waals surface area contributed by atoms with Gasteiger partial charge in [-0.15, -0.1) is 0 Å². The summed E-state index contributed by atoms with van der Waals surface area (Å²) in [6, 6.07) is 12.4. The SMILES string of the molecule is CC/C=C/C(C/C=C/C#N)c1ccccc1. The largest absolute Gasteiger partial charge is 0.193 e. The van der Waals surface area contributed by atoms with E-state index in [0.717, 1.165) is 12.8 Å². The maximum Gasteiger partial charge on any atom is 0.0908 e. The molecule has 1 unspecified atom stereocenters. The molecule has 0 aliphatic carbocycles. The number of hydrogen-bond acceptors (Lipinski definition) is 1.